The summed E-state index contributed by atoms with van der Waals surface area (Å²) >= 11 is 1.37. The molecule has 0 saturated carbocycles. The normalized spacial score (nSPS) is 24.9. The lowest BCUT2D eigenvalue weighted by Crippen LogP contribution is -2.52. The lowest BCUT2D eigenvalue weighted by atomic mass is 10.1. The molecule has 5 nitrogen and oxygen atoms in total. The average Bonchev–Trinajstić information content (AvgIpc) is 2.83. The minimum atomic E-state index is -0.238. The Labute approximate surface area is 123 Å². The van der Waals surface area contributed by atoms with Crippen LogP contribution in [0.5, 0.6) is 0 Å². The molecule has 0 spiro atoms. The molecule has 1 aromatic rings. The second-order valence-electron chi connectivity index (χ2n) is 5.15. The van der Waals surface area contributed by atoms with E-state index < -0.39 is 0 Å². The zero-order chi connectivity index (χ0) is 14.7. The Morgan fingerprint density at radius 3 is 2.80 bits per heavy atom. The topological polar surface area (TPSA) is 65.4 Å². The SMILES string of the molecule is C[C@H]1CN([C@@H](C)C(=O)Nc2sccc2C#N)C[C@H](C)O1. The fraction of sp³-hybridized carbons (Fsp3) is 0.571. The molecule has 0 unspecified atom stereocenters. The maximum atomic E-state index is 12.3. The summed E-state index contributed by atoms with van der Waals surface area (Å²) < 4.78 is 5.67. The maximum Gasteiger partial charge on any atom is 0.242 e. The van der Waals surface area contributed by atoms with Crippen LogP contribution in [0.1, 0.15) is 26.3 Å². The molecule has 108 valence electrons. The molecule has 1 saturated heterocycles. The lowest BCUT2D eigenvalue weighted by molar-refractivity contribution is -0.126. The van der Waals surface area contributed by atoms with E-state index in [2.05, 4.69) is 16.3 Å². The molecule has 1 N–H and O–H groups in total. The van der Waals surface area contributed by atoms with E-state index in [1.54, 1.807) is 11.4 Å². The summed E-state index contributed by atoms with van der Waals surface area (Å²) in [6.45, 7) is 7.41. The average molecular weight is 293 g/mol. The first-order chi connectivity index (χ1) is 9.51. The van der Waals surface area contributed by atoms with E-state index in [1.165, 1.54) is 11.3 Å². The van der Waals surface area contributed by atoms with E-state index in [0.717, 1.165) is 13.1 Å². The molecule has 2 rings (SSSR count). The molecule has 0 aliphatic carbocycles. The van der Waals surface area contributed by atoms with Gasteiger partial charge in [0.25, 0.3) is 0 Å². The van der Waals surface area contributed by atoms with Gasteiger partial charge < -0.3 is 10.1 Å². The van der Waals surface area contributed by atoms with Crippen LogP contribution in [0.4, 0.5) is 5.00 Å². The summed E-state index contributed by atoms with van der Waals surface area (Å²) in [7, 11) is 0. The highest BCUT2D eigenvalue weighted by Gasteiger charge is 2.29. The first-order valence-electron chi connectivity index (χ1n) is 6.69. The van der Waals surface area contributed by atoms with Crippen molar-refractivity contribution in [2.75, 3.05) is 18.4 Å². The quantitative estimate of drug-likeness (QED) is 0.926. The largest absolute Gasteiger partial charge is 0.373 e. The van der Waals surface area contributed by atoms with E-state index in [9.17, 15) is 4.79 Å². The van der Waals surface area contributed by atoms with Crippen LogP contribution >= 0.6 is 11.3 Å². The molecular formula is C14H19N3O2S. The predicted octanol–water partition coefficient (Wildman–Crippen LogP) is 2.06. The number of hydrogen-bond acceptors (Lipinski definition) is 5. The third kappa shape index (κ3) is 3.37. The molecule has 1 aliphatic rings. The summed E-state index contributed by atoms with van der Waals surface area (Å²) in [5.41, 5.74) is 0.513. The minimum absolute atomic E-state index is 0.0785. The first kappa shape index (κ1) is 15.0. The predicted molar refractivity (Wildman–Crippen MR) is 78.7 cm³/mol. The molecule has 1 fully saturated rings. The molecule has 1 aromatic heterocycles. The van der Waals surface area contributed by atoms with E-state index >= 15 is 0 Å². The van der Waals surface area contributed by atoms with Crippen LogP contribution in [0.25, 0.3) is 0 Å². The Balaban J connectivity index is 2.00. The van der Waals surface area contributed by atoms with Crippen molar-refractivity contribution in [2.24, 2.45) is 0 Å². The first-order valence-corrected chi connectivity index (χ1v) is 7.57. The number of thiophene rings is 1. The van der Waals surface area contributed by atoms with E-state index in [1.807, 2.05) is 20.8 Å². The van der Waals surface area contributed by atoms with Gasteiger partial charge in [-0.05, 0) is 32.2 Å². The summed E-state index contributed by atoms with van der Waals surface area (Å²) in [5, 5.41) is 14.2. The fourth-order valence-corrected chi connectivity index (χ4v) is 3.15. The van der Waals surface area contributed by atoms with Gasteiger partial charge in [-0.2, -0.15) is 5.26 Å². The van der Waals surface area contributed by atoms with Crippen LogP contribution in [0, 0.1) is 11.3 Å². The molecule has 0 aromatic carbocycles. The van der Waals surface area contributed by atoms with E-state index in [0.29, 0.717) is 10.6 Å². The number of nitrogens with zero attached hydrogens (tertiary/aromatic N) is 2. The van der Waals surface area contributed by atoms with Gasteiger partial charge in [0.05, 0.1) is 23.8 Å². The van der Waals surface area contributed by atoms with Crippen molar-refractivity contribution >= 4 is 22.2 Å². The Morgan fingerprint density at radius 2 is 2.20 bits per heavy atom. The smallest absolute Gasteiger partial charge is 0.242 e. The van der Waals surface area contributed by atoms with Gasteiger partial charge in [0.2, 0.25) is 5.91 Å². The van der Waals surface area contributed by atoms with Crippen molar-refractivity contribution < 1.29 is 9.53 Å². The summed E-state index contributed by atoms with van der Waals surface area (Å²) in [4.78, 5) is 14.4. The number of nitriles is 1. The number of rotatable bonds is 3. The van der Waals surface area contributed by atoms with Crippen molar-refractivity contribution in [3.63, 3.8) is 0 Å². The van der Waals surface area contributed by atoms with Crippen LogP contribution in [0.3, 0.4) is 0 Å². The van der Waals surface area contributed by atoms with Gasteiger partial charge in [-0.1, -0.05) is 0 Å². The van der Waals surface area contributed by atoms with Crippen molar-refractivity contribution in [1.82, 2.24) is 4.90 Å². The number of anilines is 1. The third-order valence-electron chi connectivity index (χ3n) is 3.40. The molecular weight excluding hydrogens is 274 g/mol. The molecule has 1 aliphatic heterocycles. The van der Waals surface area contributed by atoms with Crippen LogP contribution < -0.4 is 5.32 Å². The van der Waals surface area contributed by atoms with Gasteiger partial charge in [-0.15, -0.1) is 11.3 Å². The van der Waals surface area contributed by atoms with Crippen molar-refractivity contribution in [3.8, 4) is 6.07 Å². The number of carbonyl (C=O) groups excluding carboxylic acids is 1. The standard InChI is InChI=1S/C14H19N3O2S/c1-9-7-17(8-10(2)19-9)11(3)13(18)16-14-12(6-15)4-5-20-14/h4-5,9-11H,7-8H2,1-3H3,(H,16,18)/t9-,10-,11-/m0/s1. The van der Waals surface area contributed by atoms with E-state index in [4.69, 9.17) is 10.00 Å². The highest BCUT2D eigenvalue weighted by atomic mass is 32.1. The number of ether oxygens (including phenoxy) is 1. The van der Waals surface area contributed by atoms with Gasteiger partial charge in [-0.25, -0.2) is 0 Å². The Morgan fingerprint density at radius 1 is 1.55 bits per heavy atom. The zero-order valence-corrected chi connectivity index (χ0v) is 12.7. The monoisotopic (exact) mass is 293 g/mol. The van der Waals surface area contributed by atoms with Crippen LogP contribution in [0.2, 0.25) is 0 Å². The molecule has 1 amide bonds. The highest BCUT2D eigenvalue weighted by molar-refractivity contribution is 7.14. The Bertz CT molecular complexity index is 513. The number of carbonyl (C=O) groups is 1. The van der Waals surface area contributed by atoms with Crippen molar-refractivity contribution in [1.29, 1.82) is 5.26 Å². The van der Waals surface area contributed by atoms with Crippen molar-refractivity contribution in [3.05, 3.63) is 17.0 Å². The van der Waals surface area contributed by atoms with Gasteiger partial charge in [0.15, 0.2) is 0 Å². The van der Waals surface area contributed by atoms with E-state index in [-0.39, 0.29) is 24.2 Å². The van der Waals surface area contributed by atoms with Crippen LogP contribution in [-0.4, -0.2) is 42.1 Å². The number of amides is 1. The fourth-order valence-electron chi connectivity index (χ4n) is 2.41. The summed E-state index contributed by atoms with van der Waals surface area (Å²) in [6.07, 6.45) is 0.260. The highest BCUT2D eigenvalue weighted by Crippen LogP contribution is 2.23. The van der Waals surface area contributed by atoms with Gasteiger partial charge in [0, 0.05) is 13.1 Å². The molecule has 3 atom stereocenters. The summed E-state index contributed by atoms with van der Waals surface area (Å²) in [6, 6.07) is 3.55. The molecule has 0 bridgehead atoms. The number of morpholine rings is 1. The number of nitrogens with one attached hydrogen (secondary N) is 1. The molecule has 2 heterocycles. The second kappa shape index (κ2) is 6.35. The maximum absolute atomic E-state index is 12.3. The van der Waals surface area contributed by atoms with Gasteiger partial charge in [-0.3, -0.25) is 9.69 Å². The molecule has 6 heteroatoms. The van der Waals surface area contributed by atoms with Crippen molar-refractivity contribution in [2.45, 2.75) is 39.0 Å². The van der Waals surface area contributed by atoms with Gasteiger partial charge in [0.1, 0.15) is 11.1 Å². The van der Waals surface area contributed by atoms with Crippen LogP contribution in [0.15, 0.2) is 11.4 Å². The zero-order valence-electron chi connectivity index (χ0n) is 11.9. The van der Waals surface area contributed by atoms with Crippen LogP contribution in [-0.2, 0) is 9.53 Å². The number of hydrogen-bond donors (Lipinski definition) is 1. The Kier molecular flexibility index (Phi) is 4.76. The minimum Gasteiger partial charge on any atom is -0.373 e. The summed E-state index contributed by atoms with van der Waals surface area (Å²) in [5.74, 6) is -0.0785. The van der Waals surface area contributed by atoms with Gasteiger partial charge >= 0.3 is 0 Å². The molecule has 0 radical (unpaired) electrons. The second-order valence-corrected chi connectivity index (χ2v) is 6.07. The third-order valence-corrected chi connectivity index (χ3v) is 4.23. The molecule has 20 heavy (non-hydrogen) atoms. The lowest BCUT2D eigenvalue weighted by Gasteiger charge is -2.38. The Hall–Kier alpha value is -1.42.